The van der Waals surface area contributed by atoms with Gasteiger partial charge in [-0.05, 0) is 36.2 Å². The van der Waals surface area contributed by atoms with Crippen molar-refractivity contribution in [1.29, 1.82) is 0 Å². The predicted octanol–water partition coefficient (Wildman–Crippen LogP) is 4.41. The van der Waals surface area contributed by atoms with Crippen molar-refractivity contribution >= 4 is 40.5 Å². The fourth-order valence-corrected chi connectivity index (χ4v) is 2.44. The number of hydrogen-bond acceptors (Lipinski definition) is 2. The summed E-state index contributed by atoms with van der Waals surface area (Å²) in [5, 5.41) is 0.489. The van der Waals surface area contributed by atoms with E-state index < -0.39 is 0 Å². The standard InChI is InChI=1S/C16H16Cl2N2O/c1-3-10-4-6-12(7-5-10)20(2)16(21)13-8-11(19)9-14(17)15(13)18/h4-9H,3,19H2,1-2H3. The van der Waals surface area contributed by atoms with Crippen LogP contribution in [0.5, 0.6) is 0 Å². The normalized spacial score (nSPS) is 10.5. The molecular formula is C16H16Cl2N2O. The van der Waals surface area contributed by atoms with Crippen LogP contribution in [0.3, 0.4) is 0 Å². The van der Waals surface area contributed by atoms with E-state index in [1.165, 1.54) is 22.6 Å². The zero-order valence-corrected chi connectivity index (χ0v) is 13.4. The number of nitrogens with zero attached hydrogens (tertiary/aromatic N) is 1. The second-order valence-corrected chi connectivity index (χ2v) is 5.53. The summed E-state index contributed by atoms with van der Waals surface area (Å²) >= 11 is 12.1. The van der Waals surface area contributed by atoms with Gasteiger partial charge in [-0.1, -0.05) is 42.3 Å². The third-order valence-electron chi connectivity index (χ3n) is 3.32. The number of halogens is 2. The molecule has 0 unspecified atom stereocenters. The maximum atomic E-state index is 12.6. The molecule has 110 valence electrons. The summed E-state index contributed by atoms with van der Waals surface area (Å²) < 4.78 is 0. The summed E-state index contributed by atoms with van der Waals surface area (Å²) in [6.45, 7) is 2.08. The van der Waals surface area contributed by atoms with E-state index in [0.29, 0.717) is 11.3 Å². The second kappa shape index (κ2) is 6.37. The number of rotatable bonds is 3. The lowest BCUT2D eigenvalue weighted by atomic mass is 10.1. The summed E-state index contributed by atoms with van der Waals surface area (Å²) in [7, 11) is 1.69. The molecule has 5 heteroatoms. The Hall–Kier alpha value is -1.71. The molecule has 0 aliphatic carbocycles. The van der Waals surface area contributed by atoms with Crippen LogP contribution in [-0.2, 0) is 6.42 Å². The Morgan fingerprint density at radius 2 is 1.81 bits per heavy atom. The van der Waals surface area contributed by atoms with Crippen molar-refractivity contribution in [1.82, 2.24) is 0 Å². The third kappa shape index (κ3) is 3.31. The zero-order valence-electron chi connectivity index (χ0n) is 11.9. The molecule has 0 fully saturated rings. The van der Waals surface area contributed by atoms with Crippen LogP contribution < -0.4 is 10.6 Å². The van der Waals surface area contributed by atoms with E-state index in [1.54, 1.807) is 7.05 Å². The molecule has 2 aromatic carbocycles. The van der Waals surface area contributed by atoms with Gasteiger partial charge in [-0.25, -0.2) is 0 Å². The molecule has 0 saturated heterocycles. The lowest BCUT2D eigenvalue weighted by Gasteiger charge is -2.19. The molecule has 0 bridgehead atoms. The van der Waals surface area contributed by atoms with Crippen LogP contribution in [0.15, 0.2) is 36.4 Å². The summed E-state index contributed by atoms with van der Waals surface area (Å²) in [4.78, 5) is 14.1. The monoisotopic (exact) mass is 322 g/mol. The minimum Gasteiger partial charge on any atom is -0.399 e. The number of benzene rings is 2. The van der Waals surface area contributed by atoms with E-state index in [4.69, 9.17) is 28.9 Å². The van der Waals surface area contributed by atoms with Gasteiger partial charge in [0.25, 0.3) is 5.91 Å². The molecule has 1 amide bonds. The average Bonchev–Trinajstić information content (AvgIpc) is 2.49. The van der Waals surface area contributed by atoms with E-state index in [1.807, 2.05) is 24.3 Å². The number of nitrogen functional groups attached to an aromatic ring is 1. The van der Waals surface area contributed by atoms with Crippen molar-refractivity contribution in [2.24, 2.45) is 0 Å². The van der Waals surface area contributed by atoms with Crippen molar-refractivity contribution in [2.75, 3.05) is 17.7 Å². The van der Waals surface area contributed by atoms with E-state index >= 15 is 0 Å². The highest BCUT2D eigenvalue weighted by Crippen LogP contribution is 2.30. The molecule has 3 nitrogen and oxygen atoms in total. The Bertz CT molecular complexity index is 669. The number of aryl methyl sites for hydroxylation is 1. The van der Waals surface area contributed by atoms with Crippen LogP contribution in [0.25, 0.3) is 0 Å². The topological polar surface area (TPSA) is 46.3 Å². The summed E-state index contributed by atoms with van der Waals surface area (Å²) in [5.41, 5.74) is 8.43. The molecule has 0 aliphatic heterocycles. The van der Waals surface area contributed by atoms with E-state index in [2.05, 4.69) is 6.92 Å². The Kier molecular flexibility index (Phi) is 4.76. The minimum atomic E-state index is -0.251. The van der Waals surface area contributed by atoms with Crippen LogP contribution in [0, 0.1) is 0 Å². The van der Waals surface area contributed by atoms with Crippen LogP contribution in [0.1, 0.15) is 22.8 Å². The van der Waals surface area contributed by atoms with Crippen LogP contribution in [0.4, 0.5) is 11.4 Å². The maximum Gasteiger partial charge on any atom is 0.259 e. The highest BCUT2D eigenvalue weighted by molar-refractivity contribution is 6.44. The van der Waals surface area contributed by atoms with Gasteiger partial charge in [0.15, 0.2) is 0 Å². The number of nitrogens with two attached hydrogens (primary N) is 1. The number of amides is 1. The van der Waals surface area contributed by atoms with Gasteiger partial charge < -0.3 is 10.6 Å². The molecule has 0 aliphatic rings. The largest absolute Gasteiger partial charge is 0.399 e. The molecular weight excluding hydrogens is 307 g/mol. The van der Waals surface area contributed by atoms with Crippen molar-refractivity contribution in [3.8, 4) is 0 Å². The Labute approximate surface area is 134 Å². The smallest absolute Gasteiger partial charge is 0.259 e. The first-order valence-corrected chi connectivity index (χ1v) is 7.31. The van der Waals surface area contributed by atoms with Gasteiger partial charge in [0.05, 0.1) is 15.6 Å². The van der Waals surface area contributed by atoms with Gasteiger partial charge in [-0.3, -0.25) is 4.79 Å². The summed E-state index contributed by atoms with van der Waals surface area (Å²) in [5.74, 6) is -0.251. The predicted molar refractivity (Wildman–Crippen MR) is 89.4 cm³/mol. The van der Waals surface area contributed by atoms with E-state index in [9.17, 15) is 4.79 Å². The van der Waals surface area contributed by atoms with Gasteiger partial charge in [0.2, 0.25) is 0 Å². The lowest BCUT2D eigenvalue weighted by Crippen LogP contribution is -2.26. The van der Waals surface area contributed by atoms with Gasteiger partial charge in [0.1, 0.15) is 0 Å². The molecule has 0 saturated carbocycles. The molecule has 2 N–H and O–H groups in total. The third-order valence-corrected chi connectivity index (χ3v) is 4.12. The van der Waals surface area contributed by atoms with Gasteiger partial charge in [-0.2, -0.15) is 0 Å². The highest BCUT2D eigenvalue weighted by atomic mass is 35.5. The molecule has 0 spiro atoms. The van der Waals surface area contributed by atoms with Gasteiger partial charge >= 0.3 is 0 Å². The van der Waals surface area contributed by atoms with Crippen molar-refractivity contribution in [3.05, 3.63) is 57.6 Å². The second-order valence-electron chi connectivity index (χ2n) is 4.75. The summed E-state index contributed by atoms with van der Waals surface area (Å²) in [6.07, 6.45) is 0.953. The average molecular weight is 323 g/mol. The maximum absolute atomic E-state index is 12.6. The van der Waals surface area contributed by atoms with Gasteiger partial charge in [-0.15, -0.1) is 0 Å². The SMILES string of the molecule is CCc1ccc(N(C)C(=O)c2cc(N)cc(Cl)c2Cl)cc1. The highest BCUT2D eigenvalue weighted by Gasteiger charge is 2.19. The Morgan fingerprint density at radius 1 is 1.19 bits per heavy atom. The minimum absolute atomic E-state index is 0.216. The number of carbonyl (C=O) groups is 1. The number of hydrogen-bond donors (Lipinski definition) is 1. The molecule has 0 aromatic heterocycles. The first kappa shape index (κ1) is 15.7. The fourth-order valence-electron chi connectivity index (χ4n) is 2.02. The van der Waals surface area contributed by atoms with Crippen molar-refractivity contribution in [3.63, 3.8) is 0 Å². The quantitative estimate of drug-likeness (QED) is 0.850. The molecule has 2 aromatic rings. The number of anilines is 2. The molecule has 2 rings (SSSR count). The Balaban J connectivity index is 2.34. The molecule has 0 heterocycles. The molecule has 21 heavy (non-hydrogen) atoms. The van der Waals surface area contributed by atoms with E-state index in [-0.39, 0.29) is 16.0 Å². The van der Waals surface area contributed by atoms with Crippen molar-refractivity contribution < 1.29 is 4.79 Å². The molecule has 0 radical (unpaired) electrons. The van der Waals surface area contributed by atoms with Gasteiger partial charge in [0, 0.05) is 18.4 Å². The summed E-state index contributed by atoms with van der Waals surface area (Å²) in [6, 6.07) is 10.8. The van der Waals surface area contributed by atoms with Crippen molar-refractivity contribution in [2.45, 2.75) is 13.3 Å². The van der Waals surface area contributed by atoms with Crippen LogP contribution in [0.2, 0.25) is 10.0 Å². The Morgan fingerprint density at radius 3 is 2.38 bits per heavy atom. The first-order valence-electron chi connectivity index (χ1n) is 6.55. The lowest BCUT2D eigenvalue weighted by molar-refractivity contribution is 0.0993. The fraction of sp³-hybridized carbons (Fsp3) is 0.188. The van der Waals surface area contributed by atoms with Crippen LogP contribution >= 0.6 is 23.2 Å². The zero-order chi connectivity index (χ0) is 15.6. The first-order chi connectivity index (χ1) is 9.93. The van der Waals surface area contributed by atoms with E-state index in [0.717, 1.165) is 12.1 Å². The molecule has 0 atom stereocenters. The van der Waals surface area contributed by atoms with Crippen LogP contribution in [-0.4, -0.2) is 13.0 Å². The number of carbonyl (C=O) groups excluding carboxylic acids is 1.